The van der Waals surface area contributed by atoms with E-state index in [2.05, 4.69) is 16.0 Å². The Morgan fingerprint density at radius 1 is 1.07 bits per heavy atom. The summed E-state index contributed by atoms with van der Waals surface area (Å²) in [6.45, 7) is 2.05. The summed E-state index contributed by atoms with van der Waals surface area (Å²) in [7, 11) is 0. The highest BCUT2D eigenvalue weighted by Crippen LogP contribution is 2.22. The number of halogens is 2. The molecule has 0 unspecified atom stereocenters. The SMILES string of the molecule is Cc1nn(Cc2ccccc2)c(Cl)c1C(=O)NNC(=O)c1cc(Cl)ccc1O. The lowest BCUT2D eigenvalue weighted by Crippen LogP contribution is -2.41. The summed E-state index contributed by atoms with van der Waals surface area (Å²) < 4.78 is 1.51. The standard InChI is InChI=1S/C19H16Cl2N4O3/c1-11-16(17(21)25(24-11)10-12-5-3-2-4-6-12)19(28)23-22-18(27)14-9-13(20)7-8-15(14)26/h2-9,26H,10H2,1H3,(H,22,27)(H,23,28). The lowest BCUT2D eigenvalue weighted by atomic mass is 10.2. The summed E-state index contributed by atoms with van der Waals surface area (Å²) in [6, 6.07) is 13.6. The van der Waals surface area contributed by atoms with Gasteiger partial charge >= 0.3 is 0 Å². The average Bonchev–Trinajstić information content (AvgIpc) is 2.95. The number of hydrogen-bond donors (Lipinski definition) is 3. The van der Waals surface area contributed by atoms with Gasteiger partial charge in [-0.1, -0.05) is 53.5 Å². The van der Waals surface area contributed by atoms with Crippen molar-refractivity contribution in [2.75, 3.05) is 0 Å². The van der Waals surface area contributed by atoms with Crippen molar-refractivity contribution in [3.63, 3.8) is 0 Å². The fourth-order valence-corrected chi connectivity index (χ4v) is 3.10. The maximum Gasteiger partial charge on any atom is 0.274 e. The van der Waals surface area contributed by atoms with Gasteiger partial charge in [-0.05, 0) is 30.7 Å². The zero-order chi connectivity index (χ0) is 20.3. The van der Waals surface area contributed by atoms with Gasteiger partial charge in [-0.15, -0.1) is 0 Å². The van der Waals surface area contributed by atoms with Gasteiger partial charge in [0.05, 0.1) is 17.8 Å². The van der Waals surface area contributed by atoms with Gasteiger partial charge in [-0.3, -0.25) is 20.4 Å². The number of aromatic hydroxyl groups is 1. The molecule has 9 heteroatoms. The van der Waals surface area contributed by atoms with Crippen molar-refractivity contribution < 1.29 is 14.7 Å². The molecule has 2 amide bonds. The second kappa shape index (κ2) is 8.33. The predicted molar refractivity (Wildman–Crippen MR) is 106 cm³/mol. The van der Waals surface area contributed by atoms with E-state index in [0.717, 1.165) is 5.56 Å². The summed E-state index contributed by atoms with van der Waals surface area (Å²) >= 11 is 12.1. The van der Waals surface area contributed by atoms with E-state index in [-0.39, 0.29) is 27.1 Å². The van der Waals surface area contributed by atoms with E-state index >= 15 is 0 Å². The number of aryl methyl sites for hydroxylation is 1. The Kier molecular flexibility index (Phi) is 5.87. The lowest BCUT2D eigenvalue weighted by Gasteiger charge is -2.09. The van der Waals surface area contributed by atoms with Crippen LogP contribution in [-0.4, -0.2) is 26.7 Å². The molecule has 3 N–H and O–H groups in total. The predicted octanol–water partition coefficient (Wildman–Crippen LogP) is 3.33. The minimum atomic E-state index is -0.723. The molecule has 1 heterocycles. The molecule has 2 aromatic carbocycles. The van der Waals surface area contributed by atoms with Crippen LogP contribution in [0.4, 0.5) is 0 Å². The van der Waals surface area contributed by atoms with E-state index in [1.54, 1.807) is 6.92 Å². The minimum absolute atomic E-state index is 0.0737. The third-order valence-electron chi connectivity index (χ3n) is 3.96. The van der Waals surface area contributed by atoms with Gasteiger partial charge in [0.2, 0.25) is 0 Å². The Morgan fingerprint density at radius 2 is 1.75 bits per heavy atom. The van der Waals surface area contributed by atoms with Gasteiger partial charge in [0.25, 0.3) is 11.8 Å². The molecule has 28 heavy (non-hydrogen) atoms. The normalized spacial score (nSPS) is 10.5. The van der Waals surface area contributed by atoms with Crippen molar-refractivity contribution in [1.82, 2.24) is 20.6 Å². The molecule has 1 aromatic heterocycles. The van der Waals surface area contributed by atoms with Gasteiger partial charge < -0.3 is 5.11 Å². The Balaban J connectivity index is 1.72. The van der Waals surface area contributed by atoms with Crippen LogP contribution in [0.5, 0.6) is 5.75 Å². The first kappa shape index (κ1) is 19.7. The summed E-state index contributed by atoms with van der Waals surface area (Å²) in [6.07, 6.45) is 0. The molecule has 0 aliphatic carbocycles. The van der Waals surface area contributed by atoms with Gasteiger partial charge in [-0.2, -0.15) is 5.10 Å². The molecule has 3 rings (SSSR count). The number of rotatable bonds is 4. The molecule has 0 atom stereocenters. The molecular formula is C19H16Cl2N4O3. The summed E-state index contributed by atoms with van der Waals surface area (Å²) in [4.78, 5) is 24.7. The van der Waals surface area contributed by atoms with Crippen LogP contribution in [0.2, 0.25) is 10.2 Å². The van der Waals surface area contributed by atoms with Crippen molar-refractivity contribution in [2.24, 2.45) is 0 Å². The molecule has 0 saturated heterocycles. The number of hydrogen-bond acceptors (Lipinski definition) is 4. The number of aromatic nitrogens is 2. The molecule has 0 aliphatic rings. The maximum atomic E-state index is 12.5. The van der Waals surface area contributed by atoms with E-state index < -0.39 is 11.8 Å². The highest BCUT2D eigenvalue weighted by molar-refractivity contribution is 6.33. The molecule has 3 aromatic rings. The van der Waals surface area contributed by atoms with Gasteiger partial charge in [0, 0.05) is 5.02 Å². The Bertz CT molecular complexity index is 1040. The van der Waals surface area contributed by atoms with Crippen molar-refractivity contribution in [3.05, 3.63) is 81.1 Å². The molecule has 0 radical (unpaired) electrons. The molecule has 144 valence electrons. The van der Waals surface area contributed by atoms with E-state index in [9.17, 15) is 14.7 Å². The summed E-state index contributed by atoms with van der Waals surface area (Å²) in [5.41, 5.74) is 5.96. The number of carbonyl (C=O) groups excluding carboxylic acids is 2. The third-order valence-corrected chi connectivity index (χ3v) is 4.58. The molecule has 7 nitrogen and oxygen atoms in total. The van der Waals surface area contributed by atoms with Crippen LogP contribution < -0.4 is 10.9 Å². The molecule has 0 spiro atoms. The van der Waals surface area contributed by atoms with Gasteiger partial charge in [-0.25, -0.2) is 4.68 Å². The Morgan fingerprint density at radius 3 is 2.46 bits per heavy atom. The molecule has 0 bridgehead atoms. The maximum absolute atomic E-state index is 12.5. The number of phenols is 1. The van der Waals surface area contributed by atoms with Crippen LogP contribution >= 0.6 is 23.2 Å². The first-order chi connectivity index (χ1) is 13.4. The van der Waals surface area contributed by atoms with Gasteiger partial charge in [0.1, 0.15) is 16.5 Å². The van der Waals surface area contributed by atoms with Crippen LogP contribution in [0.25, 0.3) is 0 Å². The van der Waals surface area contributed by atoms with Crippen LogP contribution in [-0.2, 0) is 6.54 Å². The topological polar surface area (TPSA) is 96.3 Å². The number of phenolic OH excluding ortho intramolecular Hbond substituents is 1. The van der Waals surface area contributed by atoms with Crippen molar-refractivity contribution in [3.8, 4) is 5.75 Å². The minimum Gasteiger partial charge on any atom is -0.507 e. The van der Waals surface area contributed by atoms with E-state index in [4.69, 9.17) is 23.2 Å². The molecule has 0 aliphatic heterocycles. The zero-order valence-electron chi connectivity index (χ0n) is 14.7. The number of carbonyl (C=O) groups is 2. The first-order valence-electron chi connectivity index (χ1n) is 8.23. The monoisotopic (exact) mass is 418 g/mol. The summed E-state index contributed by atoms with van der Waals surface area (Å²) in [5, 5.41) is 14.5. The van der Waals surface area contributed by atoms with Crippen LogP contribution in [0.3, 0.4) is 0 Å². The zero-order valence-corrected chi connectivity index (χ0v) is 16.3. The van der Waals surface area contributed by atoms with Gasteiger partial charge in [0.15, 0.2) is 0 Å². The number of benzene rings is 2. The van der Waals surface area contributed by atoms with Crippen LogP contribution in [0.15, 0.2) is 48.5 Å². The van der Waals surface area contributed by atoms with Crippen molar-refractivity contribution in [2.45, 2.75) is 13.5 Å². The molecule has 0 saturated carbocycles. The first-order valence-corrected chi connectivity index (χ1v) is 8.98. The summed E-state index contributed by atoms with van der Waals surface area (Å²) in [5.74, 6) is -1.61. The van der Waals surface area contributed by atoms with Crippen molar-refractivity contribution in [1.29, 1.82) is 0 Å². The quantitative estimate of drug-likeness (QED) is 0.566. The fraction of sp³-hybridized carbons (Fsp3) is 0.105. The van der Waals surface area contributed by atoms with E-state index in [1.807, 2.05) is 30.3 Å². The number of nitrogens with one attached hydrogen (secondary N) is 2. The second-order valence-electron chi connectivity index (χ2n) is 5.96. The second-order valence-corrected chi connectivity index (χ2v) is 6.76. The fourth-order valence-electron chi connectivity index (χ4n) is 2.61. The van der Waals surface area contributed by atoms with Crippen LogP contribution in [0, 0.1) is 6.92 Å². The Labute approximate surface area is 170 Å². The molecule has 0 fully saturated rings. The Hall–Kier alpha value is -3.03. The average molecular weight is 419 g/mol. The van der Waals surface area contributed by atoms with E-state index in [0.29, 0.717) is 12.2 Å². The van der Waals surface area contributed by atoms with Crippen molar-refractivity contribution >= 4 is 35.0 Å². The smallest absolute Gasteiger partial charge is 0.274 e. The number of nitrogens with zero attached hydrogens (tertiary/aromatic N) is 2. The molecular weight excluding hydrogens is 403 g/mol. The lowest BCUT2D eigenvalue weighted by molar-refractivity contribution is 0.0844. The van der Waals surface area contributed by atoms with E-state index in [1.165, 1.54) is 22.9 Å². The number of amides is 2. The largest absolute Gasteiger partial charge is 0.507 e. The highest BCUT2D eigenvalue weighted by atomic mass is 35.5. The highest BCUT2D eigenvalue weighted by Gasteiger charge is 2.21. The third kappa shape index (κ3) is 4.27. The van der Waals surface area contributed by atoms with Crippen LogP contribution in [0.1, 0.15) is 32.0 Å². The number of hydrazine groups is 1.